The van der Waals surface area contributed by atoms with Gasteiger partial charge in [-0.15, -0.1) is 0 Å². The van der Waals surface area contributed by atoms with Crippen molar-refractivity contribution in [3.63, 3.8) is 0 Å². The third-order valence-electron chi connectivity index (χ3n) is 3.67. The van der Waals surface area contributed by atoms with E-state index in [9.17, 15) is 13.2 Å². The molecule has 0 amide bonds. The molecule has 0 aliphatic carbocycles. The van der Waals surface area contributed by atoms with E-state index in [1.807, 2.05) is 52.9 Å². The minimum Gasteiger partial charge on any atom is -0.433 e. The van der Waals surface area contributed by atoms with Crippen LogP contribution in [0.1, 0.15) is 17.0 Å². The third kappa shape index (κ3) is 3.18. The number of benzene rings is 2. The van der Waals surface area contributed by atoms with Crippen molar-refractivity contribution >= 4 is 44.0 Å². The Balaban J connectivity index is 1.96. The van der Waals surface area contributed by atoms with Gasteiger partial charge in [-0.05, 0) is 23.3 Å². The Morgan fingerprint density at radius 1 is 1.00 bits per heavy atom. The van der Waals surface area contributed by atoms with Crippen molar-refractivity contribution in [1.82, 2.24) is 0 Å². The molecule has 1 aliphatic heterocycles. The van der Waals surface area contributed by atoms with E-state index in [1.165, 1.54) is 6.26 Å². The van der Waals surface area contributed by atoms with E-state index < -0.39 is 15.8 Å². The van der Waals surface area contributed by atoms with Crippen LogP contribution in [-0.2, 0) is 19.4 Å². The van der Waals surface area contributed by atoms with Gasteiger partial charge in [0.15, 0.2) is 9.84 Å². The van der Waals surface area contributed by atoms with Crippen LogP contribution in [0.25, 0.3) is 5.57 Å². The number of cyclic esters (lactones) is 1. The molecule has 1 atom stereocenters. The number of hydrogen-bond donors (Lipinski definition) is 0. The van der Waals surface area contributed by atoms with Crippen LogP contribution >= 0.6 is 22.6 Å². The lowest BCUT2D eigenvalue weighted by molar-refractivity contribution is -0.136. The maximum atomic E-state index is 12.1. The van der Waals surface area contributed by atoms with Crippen molar-refractivity contribution in [1.29, 1.82) is 0 Å². The number of esters is 1. The summed E-state index contributed by atoms with van der Waals surface area (Å²) in [5.74, 6) is -0.807. The Hall–Kier alpha value is -1.67. The minimum absolute atomic E-state index is 0.0288. The molecule has 0 aromatic heterocycles. The Morgan fingerprint density at radius 2 is 1.65 bits per heavy atom. The number of carbonyl (C=O) groups excluding carboxylic acids is 1. The van der Waals surface area contributed by atoms with Crippen LogP contribution in [0.2, 0.25) is 0 Å². The standard InChI is InChI=1S/C17H13IO4S/c18-11-23(20,21)14-8-6-12(7-9-14)15-10-22-17(19)16(15)13-4-2-1-3-5-13/h1-10,16H,11H2. The summed E-state index contributed by atoms with van der Waals surface area (Å²) in [5, 5.41) is 0. The largest absolute Gasteiger partial charge is 0.433 e. The fraction of sp³-hybridized carbons (Fsp3) is 0.118. The van der Waals surface area contributed by atoms with Crippen LogP contribution in [0.4, 0.5) is 0 Å². The van der Waals surface area contributed by atoms with Crippen molar-refractivity contribution in [3.05, 3.63) is 72.0 Å². The molecule has 0 radical (unpaired) electrons. The quantitative estimate of drug-likeness (QED) is 0.415. The molecule has 6 heteroatoms. The average Bonchev–Trinajstić information content (AvgIpc) is 2.97. The van der Waals surface area contributed by atoms with Gasteiger partial charge in [-0.3, -0.25) is 4.79 Å². The molecule has 2 aromatic rings. The number of ether oxygens (including phenoxy) is 1. The van der Waals surface area contributed by atoms with Crippen LogP contribution < -0.4 is 0 Å². The Bertz CT molecular complexity index is 855. The van der Waals surface area contributed by atoms with E-state index in [0.717, 1.165) is 16.7 Å². The number of rotatable bonds is 4. The van der Waals surface area contributed by atoms with Crippen LogP contribution in [0.3, 0.4) is 0 Å². The zero-order chi connectivity index (χ0) is 16.4. The van der Waals surface area contributed by atoms with Gasteiger partial charge >= 0.3 is 5.97 Å². The van der Waals surface area contributed by atoms with E-state index in [2.05, 4.69) is 0 Å². The topological polar surface area (TPSA) is 60.4 Å². The molecule has 3 rings (SSSR count). The van der Waals surface area contributed by atoms with Crippen LogP contribution in [0.15, 0.2) is 65.8 Å². The number of halogens is 1. The predicted molar refractivity (Wildman–Crippen MR) is 95.8 cm³/mol. The lowest BCUT2D eigenvalue weighted by atomic mass is 9.89. The zero-order valence-electron chi connectivity index (χ0n) is 12.0. The van der Waals surface area contributed by atoms with E-state index in [0.29, 0.717) is 0 Å². The number of carbonyl (C=O) groups is 1. The molecule has 0 fully saturated rings. The average molecular weight is 440 g/mol. The molecule has 0 saturated heterocycles. The summed E-state index contributed by atoms with van der Waals surface area (Å²) in [6, 6.07) is 15.9. The number of sulfone groups is 1. The van der Waals surface area contributed by atoms with Gasteiger partial charge in [-0.1, -0.05) is 65.1 Å². The second kappa shape index (κ2) is 6.45. The second-order valence-electron chi connectivity index (χ2n) is 5.10. The van der Waals surface area contributed by atoms with Gasteiger partial charge in [0, 0.05) is 5.57 Å². The highest BCUT2D eigenvalue weighted by molar-refractivity contribution is 14.1. The SMILES string of the molecule is O=C1OC=C(c2ccc(S(=O)(=O)CI)cc2)C1c1ccccc1. The third-order valence-corrected chi connectivity index (χ3v) is 7.41. The molecule has 1 heterocycles. The Kier molecular flexibility index (Phi) is 4.54. The number of alkyl halides is 1. The van der Waals surface area contributed by atoms with Gasteiger partial charge in [0.1, 0.15) is 9.68 Å². The molecule has 4 nitrogen and oxygen atoms in total. The first-order valence-electron chi connectivity index (χ1n) is 6.87. The summed E-state index contributed by atoms with van der Waals surface area (Å²) in [7, 11) is -3.25. The van der Waals surface area contributed by atoms with Gasteiger partial charge in [-0.2, -0.15) is 0 Å². The summed E-state index contributed by atoms with van der Waals surface area (Å²) < 4.78 is 28.9. The highest BCUT2D eigenvalue weighted by Crippen LogP contribution is 2.37. The minimum atomic E-state index is -3.25. The normalized spacial score (nSPS) is 17.7. The molecule has 118 valence electrons. The highest BCUT2D eigenvalue weighted by atomic mass is 127. The molecule has 23 heavy (non-hydrogen) atoms. The van der Waals surface area contributed by atoms with E-state index in [4.69, 9.17) is 4.74 Å². The Labute approximate surface area is 148 Å². The fourth-order valence-corrected chi connectivity index (χ4v) is 4.25. The summed E-state index contributed by atoms with van der Waals surface area (Å²) in [4.78, 5) is 12.3. The molecule has 2 aromatic carbocycles. The molecule has 0 N–H and O–H groups in total. The van der Waals surface area contributed by atoms with Crippen molar-refractivity contribution < 1.29 is 17.9 Å². The van der Waals surface area contributed by atoms with Gasteiger partial charge in [0.05, 0.1) is 11.2 Å². The van der Waals surface area contributed by atoms with E-state index >= 15 is 0 Å². The van der Waals surface area contributed by atoms with Gasteiger partial charge < -0.3 is 4.74 Å². The first-order chi connectivity index (χ1) is 11.0. The van der Waals surface area contributed by atoms with Gasteiger partial charge in [0.25, 0.3) is 0 Å². The van der Waals surface area contributed by atoms with Crippen LogP contribution in [0, 0.1) is 0 Å². The van der Waals surface area contributed by atoms with Crippen LogP contribution in [0.5, 0.6) is 0 Å². The highest BCUT2D eigenvalue weighted by Gasteiger charge is 2.32. The first kappa shape index (κ1) is 16.2. The van der Waals surface area contributed by atoms with E-state index in [-0.39, 0.29) is 14.6 Å². The van der Waals surface area contributed by atoms with Crippen LogP contribution in [-0.4, -0.2) is 18.1 Å². The zero-order valence-corrected chi connectivity index (χ0v) is 15.0. The second-order valence-corrected chi connectivity index (χ2v) is 8.89. The molecular formula is C17H13IO4S. The fourth-order valence-electron chi connectivity index (χ4n) is 2.50. The molecule has 0 saturated carbocycles. The maximum absolute atomic E-state index is 12.1. The first-order valence-corrected chi connectivity index (χ1v) is 10.1. The lowest BCUT2D eigenvalue weighted by Gasteiger charge is -2.12. The maximum Gasteiger partial charge on any atom is 0.322 e. The van der Waals surface area contributed by atoms with Crippen molar-refractivity contribution in [2.24, 2.45) is 0 Å². The predicted octanol–water partition coefficient (Wildman–Crippen LogP) is 3.53. The lowest BCUT2D eigenvalue weighted by Crippen LogP contribution is -2.09. The molecule has 0 spiro atoms. The van der Waals surface area contributed by atoms with Gasteiger partial charge in [-0.25, -0.2) is 8.42 Å². The van der Waals surface area contributed by atoms with E-state index in [1.54, 1.807) is 24.3 Å². The molecular weight excluding hydrogens is 427 g/mol. The molecule has 1 unspecified atom stereocenters. The summed E-state index contributed by atoms with van der Waals surface area (Å²) in [6.45, 7) is 0. The monoisotopic (exact) mass is 440 g/mol. The van der Waals surface area contributed by atoms with Crippen molar-refractivity contribution in [2.75, 3.05) is 3.76 Å². The van der Waals surface area contributed by atoms with Crippen molar-refractivity contribution in [3.8, 4) is 0 Å². The number of hydrogen-bond acceptors (Lipinski definition) is 4. The van der Waals surface area contributed by atoms with Gasteiger partial charge in [0.2, 0.25) is 0 Å². The summed E-state index contributed by atoms with van der Waals surface area (Å²) in [6.07, 6.45) is 1.45. The van der Waals surface area contributed by atoms with Crippen molar-refractivity contribution in [2.45, 2.75) is 10.8 Å². The smallest absolute Gasteiger partial charge is 0.322 e. The molecule has 1 aliphatic rings. The Morgan fingerprint density at radius 3 is 2.26 bits per heavy atom. The molecule has 0 bridgehead atoms. The summed E-state index contributed by atoms with van der Waals surface area (Å²) >= 11 is 1.83. The summed E-state index contributed by atoms with van der Waals surface area (Å²) in [5.41, 5.74) is 2.36.